The molecule has 4 rings (SSSR count). The number of hydrogen-bond acceptors (Lipinski definition) is 4. The maximum atomic E-state index is 12.9. The molecule has 5 nitrogen and oxygen atoms in total. The van der Waals surface area contributed by atoms with Crippen molar-refractivity contribution in [2.45, 2.75) is 32.7 Å². The minimum absolute atomic E-state index is 0.0202. The number of carbonyl (C=O) groups is 1. The zero-order chi connectivity index (χ0) is 18.1. The standard InChI is InChI=1S/C21H21N3O2/c1-14-7-5-9-16(13-14)21(25)24-12-6-11-18(24)20-22-19(23-26-20)17-10-4-3-8-15(17)2/h3-5,7-10,13,18H,6,11-12H2,1-2H3. The van der Waals surface area contributed by atoms with Crippen LogP contribution in [0, 0.1) is 13.8 Å². The van der Waals surface area contributed by atoms with Gasteiger partial charge in [-0.25, -0.2) is 0 Å². The molecule has 1 atom stereocenters. The molecule has 2 aromatic carbocycles. The first kappa shape index (κ1) is 16.5. The molecule has 0 bridgehead atoms. The molecule has 3 aromatic rings. The van der Waals surface area contributed by atoms with Crippen LogP contribution in [-0.4, -0.2) is 27.5 Å². The van der Waals surface area contributed by atoms with E-state index in [4.69, 9.17) is 4.52 Å². The zero-order valence-corrected chi connectivity index (χ0v) is 15.0. The lowest BCUT2D eigenvalue weighted by atomic mass is 10.1. The molecule has 0 spiro atoms. The molecule has 5 heteroatoms. The van der Waals surface area contributed by atoms with Gasteiger partial charge in [-0.1, -0.05) is 47.1 Å². The number of aryl methyl sites for hydroxylation is 2. The fourth-order valence-electron chi connectivity index (χ4n) is 3.51. The van der Waals surface area contributed by atoms with Gasteiger partial charge in [0, 0.05) is 17.7 Å². The summed E-state index contributed by atoms with van der Waals surface area (Å²) in [7, 11) is 0. The highest BCUT2D eigenvalue weighted by Gasteiger charge is 2.34. The van der Waals surface area contributed by atoms with E-state index in [9.17, 15) is 4.79 Å². The van der Waals surface area contributed by atoms with Crippen LogP contribution in [0.4, 0.5) is 0 Å². The van der Waals surface area contributed by atoms with Crippen LogP contribution in [0.5, 0.6) is 0 Å². The Morgan fingerprint density at radius 3 is 2.81 bits per heavy atom. The highest BCUT2D eigenvalue weighted by Crippen LogP contribution is 2.33. The summed E-state index contributed by atoms with van der Waals surface area (Å²) in [6, 6.07) is 15.5. The molecule has 2 heterocycles. The molecule has 0 saturated carbocycles. The summed E-state index contributed by atoms with van der Waals surface area (Å²) in [6.07, 6.45) is 1.78. The second-order valence-corrected chi connectivity index (χ2v) is 6.80. The molecule has 1 aliphatic rings. The second-order valence-electron chi connectivity index (χ2n) is 6.80. The minimum atomic E-state index is -0.159. The number of rotatable bonds is 3. The predicted molar refractivity (Wildman–Crippen MR) is 98.7 cm³/mol. The van der Waals surface area contributed by atoms with E-state index >= 15 is 0 Å². The number of carbonyl (C=O) groups excluding carboxylic acids is 1. The van der Waals surface area contributed by atoms with Crippen molar-refractivity contribution >= 4 is 5.91 Å². The molecule has 1 aliphatic heterocycles. The van der Waals surface area contributed by atoms with Crippen molar-refractivity contribution in [2.24, 2.45) is 0 Å². The first-order valence-corrected chi connectivity index (χ1v) is 8.91. The molecular weight excluding hydrogens is 326 g/mol. The van der Waals surface area contributed by atoms with Crippen molar-refractivity contribution in [1.82, 2.24) is 15.0 Å². The fraction of sp³-hybridized carbons (Fsp3) is 0.286. The van der Waals surface area contributed by atoms with E-state index < -0.39 is 0 Å². The molecule has 0 N–H and O–H groups in total. The highest BCUT2D eigenvalue weighted by atomic mass is 16.5. The molecular formula is C21H21N3O2. The van der Waals surface area contributed by atoms with E-state index in [0.29, 0.717) is 23.8 Å². The molecule has 26 heavy (non-hydrogen) atoms. The molecule has 0 radical (unpaired) electrons. The molecule has 0 aliphatic carbocycles. The minimum Gasteiger partial charge on any atom is -0.337 e. The summed E-state index contributed by atoms with van der Waals surface area (Å²) in [4.78, 5) is 19.4. The van der Waals surface area contributed by atoms with E-state index in [1.807, 2.05) is 67.3 Å². The lowest BCUT2D eigenvalue weighted by molar-refractivity contribution is 0.0710. The summed E-state index contributed by atoms with van der Waals surface area (Å²) in [5, 5.41) is 4.15. The lowest BCUT2D eigenvalue weighted by Crippen LogP contribution is -2.30. The predicted octanol–water partition coefficient (Wildman–Crippen LogP) is 4.33. The number of aromatic nitrogens is 2. The van der Waals surface area contributed by atoms with Crippen LogP contribution in [0.25, 0.3) is 11.4 Å². The average molecular weight is 347 g/mol. The first-order chi connectivity index (χ1) is 12.6. The third-order valence-corrected chi connectivity index (χ3v) is 4.89. The third kappa shape index (κ3) is 3.01. The van der Waals surface area contributed by atoms with Crippen LogP contribution in [0.1, 0.15) is 46.3 Å². The lowest BCUT2D eigenvalue weighted by Gasteiger charge is -2.22. The topological polar surface area (TPSA) is 59.2 Å². The third-order valence-electron chi connectivity index (χ3n) is 4.89. The number of benzene rings is 2. The first-order valence-electron chi connectivity index (χ1n) is 8.91. The van der Waals surface area contributed by atoms with Crippen LogP contribution in [0.15, 0.2) is 53.1 Å². The number of likely N-dealkylation sites (tertiary alicyclic amines) is 1. The van der Waals surface area contributed by atoms with Crippen molar-refractivity contribution in [1.29, 1.82) is 0 Å². The van der Waals surface area contributed by atoms with Crippen LogP contribution < -0.4 is 0 Å². The van der Waals surface area contributed by atoms with E-state index in [-0.39, 0.29) is 11.9 Å². The Labute approximate surface area is 152 Å². The van der Waals surface area contributed by atoms with E-state index in [1.165, 1.54) is 0 Å². The maximum absolute atomic E-state index is 12.9. The number of hydrogen-bond donors (Lipinski definition) is 0. The van der Waals surface area contributed by atoms with Gasteiger partial charge in [0.2, 0.25) is 11.7 Å². The second kappa shape index (κ2) is 6.75. The van der Waals surface area contributed by atoms with Gasteiger partial charge in [0.15, 0.2) is 0 Å². The summed E-state index contributed by atoms with van der Waals surface area (Å²) in [5.41, 5.74) is 3.83. The average Bonchev–Trinajstić information content (AvgIpc) is 3.30. The van der Waals surface area contributed by atoms with Crippen molar-refractivity contribution in [2.75, 3.05) is 6.54 Å². The number of amides is 1. The molecule has 1 amide bonds. The van der Waals surface area contributed by atoms with Gasteiger partial charge >= 0.3 is 0 Å². The smallest absolute Gasteiger partial charge is 0.254 e. The van der Waals surface area contributed by atoms with E-state index in [2.05, 4.69) is 10.1 Å². The van der Waals surface area contributed by atoms with Crippen LogP contribution >= 0.6 is 0 Å². The fourth-order valence-corrected chi connectivity index (χ4v) is 3.51. The Morgan fingerprint density at radius 1 is 1.15 bits per heavy atom. The summed E-state index contributed by atoms with van der Waals surface area (Å²) >= 11 is 0. The quantitative estimate of drug-likeness (QED) is 0.707. The van der Waals surface area contributed by atoms with Gasteiger partial charge in [0.1, 0.15) is 6.04 Å². The SMILES string of the molecule is Cc1cccc(C(=O)N2CCCC2c2nc(-c3ccccc3C)no2)c1. The zero-order valence-electron chi connectivity index (χ0n) is 15.0. The molecule has 1 fully saturated rings. The van der Waals surface area contributed by atoms with Crippen LogP contribution in [0.3, 0.4) is 0 Å². The largest absolute Gasteiger partial charge is 0.337 e. The van der Waals surface area contributed by atoms with Gasteiger partial charge in [0.25, 0.3) is 5.91 Å². The van der Waals surface area contributed by atoms with E-state index in [0.717, 1.165) is 29.5 Å². The monoisotopic (exact) mass is 347 g/mol. The van der Waals surface area contributed by atoms with Gasteiger partial charge in [-0.15, -0.1) is 0 Å². The Balaban J connectivity index is 1.61. The van der Waals surface area contributed by atoms with Gasteiger partial charge < -0.3 is 9.42 Å². The molecule has 132 valence electrons. The number of nitrogens with zero attached hydrogens (tertiary/aromatic N) is 3. The van der Waals surface area contributed by atoms with Gasteiger partial charge in [-0.05, 0) is 44.4 Å². The Kier molecular flexibility index (Phi) is 4.29. The summed E-state index contributed by atoms with van der Waals surface area (Å²) in [6.45, 7) is 4.72. The summed E-state index contributed by atoms with van der Waals surface area (Å²) < 4.78 is 5.54. The molecule has 1 unspecified atom stereocenters. The Hall–Kier alpha value is -2.95. The van der Waals surface area contributed by atoms with Gasteiger partial charge in [-0.2, -0.15) is 4.98 Å². The Bertz CT molecular complexity index is 948. The highest BCUT2D eigenvalue weighted by molar-refractivity contribution is 5.94. The van der Waals surface area contributed by atoms with E-state index in [1.54, 1.807) is 0 Å². The molecule has 1 saturated heterocycles. The van der Waals surface area contributed by atoms with Crippen LogP contribution in [0.2, 0.25) is 0 Å². The summed E-state index contributed by atoms with van der Waals surface area (Å²) in [5.74, 6) is 1.11. The molecule has 1 aromatic heterocycles. The van der Waals surface area contributed by atoms with Gasteiger partial charge in [-0.3, -0.25) is 4.79 Å². The normalized spacial score (nSPS) is 16.8. The van der Waals surface area contributed by atoms with Gasteiger partial charge in [0.05, 0.1) is 0 Å². The van der Waals surface area contributed by atoms with Crippen molar-refractivity contribution in [3.8, 4) is 11.4 Å². The maximum Gasteiger partial charge on any atom is 0.254 e. The Morgan fingerprint density at radius 2 is 2.00 bits per heavy atom. The van der Waals surface area contributed by atoms with Crippen LogP contribution in [-0.2, 0) is 0 Å². The van der Waals surface area contributed by atoms with Crippen molar-refractivity contribution in [3.63, 3.8) is 0 Å². The van der Waals surface area contributed by atoms with Crippen molar-refractivity contribution < 1.29 is 9.32 Å². The van der Waals surface area contributed by atoms with Crippen molar-refractivity contribution in [3.05, 3.63) is 71.1 Å².